The molecule has 0 aliphatic carbocycles. The smallest absolute Gasteiger partial charge is 0.220 e. The molecule has 0 amide bonds. The standard InChI is InChI=1S/C11H18N4O/c1-16-11-10(7-13-9-14-11)8-15-5-2-3-12-4-6-15/h7,9,12H,2-6,8H2,1H3. The molecule has 16 heavy (non-hydrogen) atoms. The van der Waals surface area contributed by atoms with E-state index in [9.17, 15) is 0 Å². The van der Waals surface area contributed by atoms with Gasteiger partial charge in [-0.25, -0.2) is 9.97 Å². The highest BCUT2D eigenvalue weighted by Crippen LogP contribution is 2.15. The Hall–Kier alpha value is -1.20. The first kappa shape index (κ1) is 11.3. The van der Waals surface area contributed by atoms with Gasteiger partial charge in [0, 0.05) is 31.4 Å². The molecule has 1 aliphatic heterocycles. The second-order valence-corrected chi connectivity index (χ2v) is 3.94. The summed E-state index contributed by atoms with van der Waals surface area (Å²) in [6.07, 6.45) is 4.55. The van der Waals surface area contributed by atoms with Crippen LogP contribution in [0.2, 0.25) is 0 Å². The first-order valence-corrected chi connectivity index (χ1v) is 5.66. The lowest BCUT2D eigenvalue weighted by Crippen LogP contribution is -2.28. The van der Waals surface area contributed by atoms with Crippen LogP contribution in [0.1, 0.15) is 12.0 Å². The first-order valence-electron chi connectivity index (χ1n) is 5.66. The minimum atomic E-state index is 0.687. The van der Waals surface area contributed by atoms with E-state index in [0.29, 0.717) is 5.88 Å². The summed E-state index contributed by atoms with van der Waals surface area (Å²) in [6, 6.07) is 0. The molecule has 2 rings (SSSR count). The maximum Gasteiger partial charge on any atom is 0.220 e. The van der Waals surface area contributed by atoms with Crippen LogP contribution in [-0.4, -0.2) is 48.2 Å². The minimum absolute atomic E-state index is 0.687. The largest absolute Gasteiger partial charge is 0.481 e. The van der Waals surface area contributed by atoms with Crippen LogP contribution in [-0.2, 0) is 6.54 Å². The summed E-state index contributed by atoms with van der Waals surface area (Å²) >= 11 is 0. The molecule has 5 heteroatoms. The van der Waals surface area contributed by atoms with Crippen LogP contribution in [0.25, 0.3) is 0 Å². The summed E-state index contributed by atoms with van der Waals surface area (Å²) in [4.78, 5) is 10.6. The molecule has 0 radical (unpaired) electrons. The molecule has 2 heterocycles. The maximum atomic E-state index is 5.22. The molecule has 0 unspecified atom stereocenters. The normalized spacial score (nSPS) is 18.1. The van der Waals surface area contributed by atoms with Gasteiger partial charge < -0.3 is 10.1 Å². The quantitative estimate of drug-likeness (QED) is 0.796. The van der Waals surface area contributed by atoms with E-state index in [2.05, 4.69) is 20.2 Å². The van der Waals surface area contributed by atoms with Crippen molar-refractivity contribution in [1.29, 1.82) is 0 Å². The van der Waals surface area contributed by atoms with Crippen molar-refractivity contribution in [3.63, 3.8) is 0 Å². The van der Waals surface area contributed by atoms with E-state index in [1.54, 1.807) is 7.11 Å². The Bertz CT molecular complexity index is 324. The molecular weight excluding hydrogens is 204 g/mol. The lowest BCUT2D eigenvalue weighted by atomic mass is 10.3. The van der Waals surface area contributed by atoms with Crippen molar-refractivity contribution in [2.75, 3.05) is 33.3 Å². The van der Waals surface area contributed by atoms with Gasteiger partial charge in [0.2, 0.25) is 5.88 Å². The zero-order chi connectivity index (χ0) is 11.2. The first-order chi connectivity index (χ1) is 7.90. The molecule has 0 spiro atoms. The Morgan fingerprint density at radius 2 is 2.38 bits per heavy atom. The number of ether oxygens (including phenoxy) is 1. The lowest BCUT2D eigenvalue weighted by Gasteiger charge is -2.19. The summed E-state index contributed by atoms with van der Waals surface area (Å²) < 4.78 is 5.22. The fourth-order valence-electron chi connectivity index (χ4n) is 1.94. The summed E-state index contributed by atoms with van der Waals surface area (Å²) in [6.45, 7) is 5.21. The molecule has 1 aromatic rings. The molecule has 0 aromatic carbocycles. The van der Waals surface area contributed by atoms with Crippen molar-refractivity contribution in [2.45, 2.75) is 13.0 Å². The van der Waals surface area contributed by atoms with Crippen LogP contribution in [0.5, 0.6) is 5.88 Å². The van der Waals surface area contributed by atoms with Gasteiger partial charge in [-0.3, -0.25) is 4.90 Å². The van der Waals surface area contributed by atoms with Gasteiger partial charge in [0.25, 0.3) is 0 Å². The number of hydrogen-bond acceptors (Lipinski definition) is 5. The van der Waals surface area contributed by atoms with Crippen molar-refractivity contribution < 1.29 is 4.74 Å². The second kappa shape index (κ2) is 5.77. The van der Waals surface area contributed by atoms with E-state index in [4.69, 9.17) is 4.74 Å². The predicted octanol–water partition coefficient (Wildman–Crippen LogP) is 0.280. The van der Waals surface area contributed by atoms with Crippen LogP contribution in [0, 0.1) is 0 Å². The second-order valence-electron chi connectivity index (χ2n) is 3.94. The molecule has 88 valence electrons. The average molecular weight is 222 g/mol. The number of methoxy groups -OCH3 is 1. The van der Waals surface area contributed by atoms with Crippen molar-refractivity contribution >= 4 is 0 Å². The Labute approximate surface area is 95.8 Å². The molecule has 1 aromatic heterocycles. The van der Waals surface area contributed by atoms with Gasteiger partial charge in [-0.2, -0.15) is 0 Å². The van der Waals surface area contributed by atoms with E-state index >= 15 is 0 Å². The summed E-state index contributed by atoms with van der Waals surface area (Å²) in [5.74, 6) is 0.687. The monoisotopic (exact) mass is 222 g/mol. The highest BCUT2D eigenvalue weighted by molar-refractivity contribution is 5.21. The molecule has 1 aliphatic rings. The summed E-state index contributed by atoms with van der Waals surface area (Å²) in [5, 5.41) is 3.39. The van der Waals surface area contributed by atoms with E-state index in [-0.39, 0.29) is 0 Å². The van der Waals surface area contributed by atoms with Gasteiger partial charge in [-0.1, -0.05) is 0 Å². The molecule has 0 bridgehead atoms. The van der Waals surface area contributed by atoms with Crippen molar-refractivity contribution in [3.8, 4) is 5.88 Å². The van der Waals surface area contributed by atoms with Crippen LogP contribution >= 0.6 is 0 Å². The van der Waals surface area contributed by atoms with Crippen LogP contribution in [0.4, 0.5) is 0 Å². The van der Waals surface area contributed by atoms with E-state index in [1.165, 1.54) is 12.7 Å². The van der Waals surface area contributed by atoms with Gasteiger partial charge in [-0.15, -0.1) is 0 Å². The molecule has 1 saturated heterocycles. The Morgan fingerprint density at radius 3 is 3.25 bits per heavy atom. The summed E-state index contributed by atoms with van der Waals surface area (Å²) in [5.41, 5.74) is 1.06. The lowest BCUT2D eigenvalue weighted by molar-refractivity contribution is 0.276. The van der Waals surface area contributed by atoms with E-state index in [1.807, 2.05) is 6.20 Å². The fourth-order valence-corrected chi connectivity index (χ4v) is 1.94. The minimum Gasteiger partial charge on any atom is -0.481 e. The van der Waals surface area contributed by atoms with Gasteiger partial charge in [-0.05, 0) is 19.5 Å². The zero-order valence-electron chi connectivity index (χ0n) is 9.65. The number of hydrogen-bond donors (Lipinski definition) is 1. The average Bonchev–Trinajstić information content (AvgIpc) is 2.58. The molecule has 0 atom stereocenters. The Morgan fingerprint density at radius 1 is 1.44 bits per heavy atom. The Balaban J connectivity index is 2.01. The van der Waals surface area contributed by atoms with Gasteiger partial charge in [0.15, 0.2) is 0 Å². The summed E-state index contributed by atoms with van der Waals surface area (Å²) in [7, 11) is 1.65. The van der Waals surface area contributed by atoms with E-state index < -0.39 is 0 Å². The highest BCUT2D eigenvalue weighted by atomic mass is 16.5. The number of nitrogens with zero attached hydrogens (tertiary/aromatic N) is 3. The predicted molar refractivity (Wildman–Crippen MR) is 61.3 cm³/mol. The van der Waals surface area contributed by atoms with Crippen molar-refractivity contribution in [1.82, 2.24) is 20.2 Å². The molecule has 1 fully saturated rings. The third kappa shape index (κ3) is 2.90. The highest BCUT2D eigenvalue weighted by Gasteiger charge is 2.12. The van der Waals surface area contributed by atoms with Gasteiger partial charge in [0.1, 0.15) is 6.33 Å². The molecular formula is C11H18N4O. The molecule has 1 N–H and O–H groups in total. The third-order valence-corrected chi connectivity index (χ3v) is 2.77. The SMILES string of the molecule is COc1ncncc1CN1CCCNCC1. The van der Waals surface area contributed by atoms with Gasteiger partial charge in [0.05, 0.1) is 7.11 Å². The number of rotatable bonds is 3. The van der Waals surface area contributed by atoms with Gasteiger partial charge >= 0.3 is 0 Å². The van der Waals surface area contributed by atoms with Crippen molar-refractivity contribution in [2.24, 2.45) is 0 Å². The van der Waals surface area contributed by atoms with Crippen LogP contribution in [0.15, 0.2) is 12.5 Å². The molecule has 0 saturated carbocycles. The zero-order valence-corrected chi connectivity index (χ0v) is 9.65. The maximum absolute atomic E-state index is 5.22. The molecule has 5 nitrogen and oxygen atoms in total. The van der Waals surface area contributed by atoms with Crippen LogP contribution in [0.3, 0.4) is 0 Å². The van der Waals surface area contributed by atoms with E-state index in [0.717, 1.165) is 38.3 Å². The third-order valence-electron chi connectivity index (χ3n) is 2.77. The van der Waals surface area contributed by atoms with Crippen LogP contribution < -0.4 is 10.1 Å². The van der Waals surface area contributed by atoms with Crippen molar-refractivity contribution in [3.05, 3.63) is 18.1 Å². The number of aromatic nitrogens is 2. The number of nitrogens with one attached hydrogen (secondary N) is 1. The fraction of sp³-hybridized carbons (Fsp3) is 0.636. The Kier molecular flexibility index (Phi) is 4.07. The topological polar surface area (TPSA) is 50.3 Å².